The molecule has 2 heteroatoms. The summed E-state index contributed by atoms with van der Waals surface area (Å²) in [5.41, 5.74) is 9.35. The molecule has 1 aromatic carbocycles. The zero-order valence-corrected chi connectivity index (χ0v) is 8.44. The molecule has 12 heavy (non-hydrogen) atoms. The zero-order chi connectivity index (χ0) is 9.14. The second-order valence-corrected chi connectivity index (χ2v) is 3.72. The first-order valence-electron chi connectivity index (χ1n) is 4.10. The van der Waals surface area contributed by atoms with Gasteiger partial charge in [0.1, 0.15) is 0 Å². The highest BCUT2D eigenvalue weighted by Gasteiger charge is 2.03. The van der Waals surface area contributed by atoms with Crippen molar-refractivity contribution < 1.29 is 0 Å². The maximum atomic E-state index is 5.52. The molecule has 0 heterocycles. The van der Waals surface area contributed by atoms with Crippen LogP contribution in [0.25, 0.3) is 0 Å². The Morgan fingerprint density at radius 3 is 2.50 bits per heavy atom. The normalized spacial score (nSPS) is 13.0. The summed E-state index contributed by atoms with van der Waals surface area (Å²) in [4.78, 5) is 0. The number of benzene rings is 1. The van der Waals surface area contributed by atoms with Crippen LogP contribution in [0.2, 0.25) is 0 Å². The van der Waals surface area contributed by atoms with Crippen LogP contribution in [0.5, 0.6) is 0 Å². The lowest BCUT2D eigenvalue weighted by molar-refractivity contribution is 0.946. The van der Waals surface area contributed by atoms with Crippen LogP contribution in [-0.2, 0) is 0 Å². The predicted molar refractivity (Wildman–Crippen MR) is 56.7 cm³/mol. The summed E-state index contributed by atoms with van der Waals surface area (Å²) in [5.74, 6) is 0. The van der Waals surface area contributed by atoms with E-state index in [0.29, 0.717) is 6.54 Å². The third-order valence-electron chi connectivity index (χ3n) is 2.14. The highest BCUT2D eigenvalue weighted by molar-refractivity contribution is 7.80. The van der Waals surface area contributed by atoms with Crippen LogP contribution in [0.1, 0.15) is 21.9 Å². The zero-order valence-electron chi connectivity index (χ0n) is 7.54. The van der Waals surface area contributed by atoms with E-state index in [-0.39, 0.29) is 5.25 Å². The molecule has 0 bridgehead atoms. The Morgan fingerprint density at radius 1 is 1.33 bits per heavy atom. The number of nitrogens with two attached hydrogens (primary N) is 1. The summed E-state index contributed by atoms with van der Waals surface area (Å²) < 4.78 is 0. The van der Waals surface area contributed by atoms with Crippen LogP contribution in [-0.4, -0.2) is 6.54 Å². The van der Waals surface area contributed by atoms with Gasteiger partial charge < -0.3 is 5.73 Å². The maximum Gasteiger partial charge on any atom is 0.0389 e. The molecule has 1 unspecified atom stereocenters. The van der Waals surface area contributed by atoms with Gasteiger partial charge in [-0.3, -0.25) is 0 Å². The Bertz CT molecular complexity index is 271. The predicted octanol–water partition coefficient (Wildman–Crippen LogP) is 2.23. The number of hydrogen-bond donors (Lipinski definition) is 2. The minimum absolute atomic E-state index is 0.171. The first-order valence-corrected chi connectivity index (χ1v) is 4.62. The molecule has 0 aliphatic carbocycles. The molecule has 1 nitrogen and oxygen atoms in total. The average Bonchev–Trinajstić information content (AvgIpc) is 2.08. The van der Waals surface area contributed by atoms with Gasteiger partial charge in [-0.05, 0) is 30.5 Å². The van der Waals surface area contributed by atoms with Crippen molar-refractivity contribution in [1.82, 2.24) is 0 Å². The molecule has 1 atom stereocenters. The largest absolute Gasteiger partial charge is 0.329 e. The lowest BCUT2D eigenvalue weighted by Crippen LogP contribution is -2.07. The summed E-state index contributed by atoms with van der Waals surface area (Å²) >= 11 is 4.38. The first kappa shape index (κ1) is 9.62. The van der Waals surface area contributed by atoms with E-state index < -0.39 is 0 Å². The summed E-state index contributed by atoms with van der Waals surface area (Å²) in [6, 6.07) is 6.36. The molecule has 0 aliphatic heterocycles. The summed E-state index contributed by atoms with van der Waals surface area (Å²) in [6.45, 7) is 4.80. The molecule has 0 saturated carbocycles. The molecular formula is C10H15NS. The molecule has 1 aromatic rings. The minimum atomic E-state index is 0.171. The fourth-order valence-electron chi connectivity index (χ4n) is 1.11. The highest BCUT2D eigenvalue weighted by Crippen LogP contribution is 2.20. The van der Waals surface area contributed by atoms with E-state index in [1.54, 1.807) is 0 Å². The summed E-state index contributed by atoms with van der Waals surface area (Å²) in [7, 11) is 0. The molecule has 0 amide bonds. The van der Waals surface area contributed by atoms with E-state index in [1.165, 1.54) is 16.7 Å². The molecule has 0 saturated heterocycles. The minimum Gasteiger partial charge on any atom is -0.329 e. The van der Waals surface area contributed by atoms with Gasteiger partial charge in [0.2, 0.25) is 0 Å². The van der Waals surface area contributed by atoms with Crippen molar-refractivity contribution in [2.75, 3.05) is 6.54 Å². The molecule has 0 spiro atoms. The van der Waals surface area contributed by atoms with Gasteiger partial charge in [-0.1, -0.05) is 18.2 Å². The van der Waals surface area contributed by atoms with Gasteiger partial charge in [-0.2, -0.15) is 12.6 Å². The van der Waals surface area contributed by atoms with Crippen molar-refractivity contribution in [2.45, 2.75) is 19.1 Å². The van der Waals surface area contributed by atoms with E-state index in [0.717, 1.165) is 0 Å². The molecule has 0 radical (unpaired) electrons. The number of rotatable bonds is 2. The lowest BCUT2D eigenvalue weighted by Gasteiger charge is -2.09. The third-order valence-corrected chi connectivity index (χ3v) is 2.65. The van der Waals surface area contributed by atoms with Crippen molar-refractivity contribution in [3.63, 3.8) is 0 Å². The fraction of sp³-hybridized carbons (Fsp3) is 0.400. The van der Waals surface area contributed by atoms with E-state index in [9.17, 15) is 0 Å². The topological polar surface area (TPSA) is 26.0 Å². The highest BCUT2D eigenvalue weighted by atomic mass is 32.1. The first-order chi connectivity index (χ1) is 5.65. The van der Waals surface area contributed by atoms with Gasteiger partial charge in [0.15, 0.2) is 0 Å². The second kappa shape index (κ2) is 3.97. The fourth-order valence-corrected chi connectivity index (χ4v) is 1.27. The lowest BCUT2D eigenvalue weighted by atomic mass is 10.0. The van der Waals surface area contributed by atoms with Crippen molar-refractivity contribution >= 4 is 12.6 Å². The Morgan fingerprint density at radius 2 is 2.00 bits per heavy atom. The van der Waals surface area contributed by atoms with Gasteiger partial charge in [-0.25, -0.2) is 0 Å². The van der Waals surface area contributed by atoms with Gasteiger partial charge in [0, 0.05) is 11.8 Å². The monoisotopic (exact) mass is 181 g/mol. The summed E-state index contributed by atoms with van der Waals surface area (Å²) in [6.07, 6.45) is 0. The van der Waals surface area contributed by atoms with E-state index >= 15 is 0 Å². The Kier molecular flexibility index (Phi) is 3.18. The number of hydrogen-bond acceptors (Lipinski definition) is 2. The molecule has 66 valence electrons. The van der Waals surface area contributed by atoms with Crippen molar-refractivity contribution in [1.29, 1.82) is 0 Å². The van der Waals surface area contributed by atoms with E-state index in [2.05, 4.69) is 44.7 Å². The van der Waals surface area contributed by atoms with E-state index in [4.69, 9.17) is 5.73 Å². The molecule has 1 rings (SSSR count). The van der Waals surface area contributed by atoms with Gasteiger partial charge >= 0.3 is 0 Å². The Hall–Kier alpha value is -0.470. The second-order valence-electron chi connectivity index (χ2n) is 3.10. The maximum absolute atomic E-state index is 5.52. The number of aryl methyl sites for hydroxylation is 2. The van der Waals surface area contributed by atoms with Crippen molar-refractivity contribution in [2.24, 2.45) is 5.73 Å². The molecular weight excluding hydrogens is 166 g/mol. The van der Waals surface area contributed by atoms with Gasteiger partial charge in [0.05, 0.1) is 0 Å². The van der Waals surface area contributed by atoms with Crippen LogP contribution in [0.4, 0.5) is 0 Å². The van der Waals surface area contributed by atoms with Crippen molar-refractivity contribution in [3.05, 3.63) is 34.9 Å². The van der Waals surface area contributed by atoms with Gasteiger partial charge in [0.25, 0.3) is 0 Å². The van der Waals surface area contributed by atoms with Crippen LogP contribution in [0.3, 0.4) is 0 Å². The molecule has 0 aromatic heterocycles. The molecule has 0 fully saturated rings. The average molecular weight is 181 g/mol. The standard InChI is InChI=1S/C10H15NS/c1-7-3-4-9(5-8(7)2)10(12)6-11/h3-5,10,12H,6,11H2,1-2H3. The van der Waals surface area contributed by atoms with Crippen molar-refractivity contribution in [3.8, 4) is 0 Å². The summed E-state index contributed by atoms with van der Waals surface area (Å²) in [5, 5.41) is 0.171. The number of thiol groups is 1. The van der Waals surface area contributed by atoms with Crippen LogP contribution in [0.15, 0.2) is 18.2 Å². The van der Waals surface area contributed by atoms with Crippen LogP contribution in [0, 0.1) is 13.8 Å². The SMILES string of the molecule is Cc1ccc(C(S)CN)cc1C. The van der Waals surface area contributed by atoms with Crippen LogP contribution < -0.4 is 5.73 Å². The Balaban J connectivity index is 2.96. The molecule has 2 N–H and O–H groups in total. The van der Waals surface area contributed by atoms with E-state index in [1.807, 2.05) is 0 Å². The smallest absolute Gasteiger partial charge is 0.0389 e. The van der Waals surface area contributed by atoms with Gasteiger partial charge in [-0.15, -0.1) is 0 Å². The quantitative estimate of drug-likeness (QED) is 0.672. The Labute approximate surface area is 79.4 Å². The molecule has 0 aliphatic rings. The third kappa shape index (κ3) is 2.02. The van der Waals surface area contributed by atoms with Crippen LogP contribution >= 0.6 is 12.6 Å².